The average molecular weight is 264 g/mol. The van der Waals surface area contributed by atoms with Gasteiger partial charge in [-0.15, -0.1) is 0 Å². The molecule has 2 nitrogen and oxygen atoms in total. The molecule has 1 aliphatic rings. The Kier molecular flexibility index (Phi) is 3.45. The second-order valence-electron chi connectivity index (χ2n) is 4.96. The van der Waals surface area contributed by atoms with Gasteiger partial charge in [0.2, 0.25) is 0 Å². The molecule has 0 aromatic heterocycles. The van der Waals surface area contributed by atoms with Crippen LogP contribution >= 0.6 is 0 Å². The third-order valence-corrected chi connectivity index (χ3v) is 3.62. The molecule has 0 bridgehead atoms. The summed E-state index contributed by atoms with van der Waals surface area (Å²) in [6.45, 7) is 0.0601. The molecule has 0 atom stereocenters. The van der Waals surface area contributed by atoms with Crippen LogP contribution in [0, 0.1) is 11.8 Å². The number of aliphatic hydroxyl groups excluding tert-OH is 1. The van der Waals surface area contributed by atoms with Crippen LogP contribution in [0.4, 0.5) is 0 Å². The van der Waals surface area contributed by atoms with Gasteiger partial charge in [-0.25, -0.2) is 0 Å². The van der Waals surface area contributed by atoms with E-state index in [1.807, 2.05) is 12.1 Å². The highest BCUT2D eigenvalue weighted by molar-refractivity contribution is 5.79. The van der Waals surface area contributed by atoms with Gasteiger partial charge in [-0.2, -0.15) is 0 Å². The predicted molar refractivity (Wildman–Crippen MR) is 79.5 cm³/mol. The van der Waals surface area contributed by atoms with E-state index in [-0.39, 0.29) is 12.4 Å². The van der Waals surface area contributed by atoms with Crippen LogP contribution in [-0.2, 0) is 12.8 Å². The fourth-order valence-electron chi connectivity index (χ4n) is 2.76. The number of fused-ring (bicyclic) bond motifs is 3. The normalized spacial score (nSPS) is 12.1. The Hall–Kier alpha value is -2.24. The van der Waals surface area contributed by atoms with Crippen LogP contribution in [0.2, 0.25) is 0 Å². The van der Waals surface area contributed by atoms with Gasteiger partial charge in [-0.1, -0.05) is 36.1 Å². The number of aryl methyl sites for hydroxylation is 2. The largest absolute Gasteiger partial charge is 0.508 e. The van der Waals surface area contributed by atoms with Crippen LogP contribution in [0.5, 0.6) is 5.75 Å². The van der Waals surface area contributed by atoms with Crippen molar-refractivity contribution in [3.05, 3.63) is 53.1 Å². The minimum Gasteiger partial charge on any atom is -0.508 e. The molecule has 2 aromatic carbocycles. The molecule has 2 N–H and O–H groups in total. The van der Waals surface area contributed by atoms with E-state index in [2.05, 4.69) is 30.0 Å². The molecule has 100 valence electrons. The van der Waals surface area contributed by atoms with E-state index >= 15 is 0 Å². The number of hydrogen-bond acceptors (Lipinski definition) is 2. The molecule has 3 rings (SSSR count). The molecule has 0 fully saturated rings. The van der Waals surface area contributed by atoms with E-state index in [0.29, 0.717) is 6.42 Å². The first-order valence-electron chi connectivity index (χ1n) is 6.83. The Balaban J connectivity index is 2.19. The van der Waals surface area contributed by atoms with Crippen LogP contribution in [0.3, 0.4) is 0 Å². The van der Waals surface area contributed by atoms with E-state index in [1.54, 1.807) is 6.07 Å². The fraction of sp³-hybridized carbons (Fsp3) is 0.222. The fourth-order valence-corrected chi connectivity index (χ4v) is 2.76. The van der Waals surface area contributed by atoms with Crippen LogP contribution in [0.25, 0.3) is 11.1 Å². The first kappa shape index (κ1) is 12.8. The summed E-state index contributed by atoms with van der Waals surface area (Å²) in [7, 11) is 0. The second-order valence-corrected chi connectivity index (χ2v) is 4.96. The molecule has 20 heavy (non-hydrogen) atoms. The van der Waals surface area contributed by atoms with Gasteiger partial charge in [-0.05, 0) is 41.7 Å². The van der Waals surface area contributed by atoms with Crippen LogP contribution in [0.1, 0.15) is 23.1 Å². The Labute approximate surface area is 118 Å². The van der Waals surface area contributed by atoms with Crippen molar-refractivity contribution in [2.45, 2.75) is 19.3 Å². The van der Waals surface area contributed by atoms with E-state index in [9.17, 15) is 5.11 Å². The van der Waals surface area contributed by atoms with Crippen molar-refractivity contribution < 1.29 is 10.2 Å². The minimum absolute atomic E-state index is 0.0601. The smallest absolute Gasteiger partial charge is 0.117 e. The van der Waals surface area contributed by atoms with Crippen molar-refractivity contribution in [1.29, 1.82) is 0 Å². The highest BCUT2D eigenvalue weighted by Gasteiger charge is 2.19. The zero-order valence-electron chi connectivity index (χ0n) is 11.2. The first-order chi connectivity index (χ1) is 9.79. The molecule has 0 aliphatic heterocycles. The summed E-state index contributed by atoms with van der Waals surface area (Å²) >= 11 is 0. The molecule has 0 spiro atoms. The number of phenols is 1. The lowest BCUT2D eigenvalue weighted by Crippen LogP contribution is -2.05. The number of aromatic hydroxyl groups is 1. The van der Waals surface area contributed by atoms with Crippen molar-refractivity contribution in [2.24, 2.45) is 0 Å². The Morgan fingerprint density at radius 2 is 1.85 bits per heavy atom. The minimum atomic E-state index is 0.0601. The summed E-state index contributed by atoms with van der Waals surface area (Å²) in [6, 6.07) is 11.9. The maximum atomic E-state index is 9.86. The molecule has 0 saturated carbocycles. The Morgan fingerprint density at radius 1 is 1.05 bits per heavy atom. The van der Waals surface area contributed by atoms with Gasteiger partial charge in [0.25, 0.3) is 0 Å². The summed E-state index contributed by atoms with van der Waals surface area (Å²) in [5.74, 6) is 6.29. The number of aliphatic hydroxyl groups is 1. The third-order valence-electron chi connectivity index (χ3n) is 3.62. The van der Waals surface area contributed by atoms with Gasteiger partial charge in [0.15, 0.2) is 0 Å². The van der Waals surface area contributed by atoms with Crippen molar-refractivity contribution in [3.63, 3.8) is 0 Å². The number of rotatable bonds is 1. The molecule has 0 amide bonds. The SMILES string of the molecule is OCCC#Cc1cc(O)cc2c1-c1ccccc1CC2. The van der Waals surface area contributed by atoms with Crippen molar-refractivity contribution in [1.82, 2.24) is 0 Å². The lowest BCUT2D eigenvalue weighted by Gasteiger charge is -2.21. The lowest BCUT2D eigenvalue weighted by molar-refractivity contribution is 0.305. The number of benzene rings is 2. The molecule has 0 unspecified atom stereocenters. The quantitative estimate of drug-likeness (QED) is 0.778. The van der Waals surface area contributed by atoms with Crippen LogP contribution in [-0.4, -0.2) is 16.8 Å². The summed E-state index contributed by atoms with van der Waals surface area (Å²) in [4.78, 5) is 0. The van der Waals surface area contributed by atoms with Crippen LogP contribution in [0.15, 0.2) is 36.4 Å². The molecular weight excluding hydrogens is 248 g/mol. The van der Waals surface area contributed by atoms with Gasteiger partial charge < -0.3 is 10.2 Å². The zero-order chi connectivity index (χ0) is 13.9. The van der Waals surface area contributed by atoms with Gasteiger partial charge in [-0.3, -0.25) is 0 Å². The van der Waals surface area contributed by atoms with Crippen molar-refractivity contribution in [3.8, 4) is 28.7 Å². The van der Waals surface area contributed by atoms with Gasteiger partial charge in [0.05, 0.1) is 6.61 Å². The highest BCUT2D eigenvalue weighted by Crippen LogP contribution is 2.37. The average Bonchev–Trinajstić information content (AvgIpc) is 2.46. The topological polar surface area (TPSA) is 40.5 Å². The Morgan fingerprint density at radius 3 is 2.70 bits per heavy atom. The highest BCUT2D eigenvalue weighted by atomic mass is 16.3. The predicted octanol–water partition coefficient (Wildman–Crippen LogP) is 2.89. The second kappa shape index (κ2) is 5.40. The summed E-state index contributed by atoms with van der Waals surface area (Å²) in [5.41, 5.74) is 5.67. The molecule has 0 saturated heterocycles. The van der Waals surface area contributed by atoms with Gasteiger partial charge >= 0.3 is 0 Å². The summed E-state index contributed by atoms with van der Waals surface area (Å²) < 4.78 is 0. The monoisotopic (exact) mass is 264 g/mol. The maximum absolute atomic E-state index is 9.86. The number of hydrogen-bond donors (Lipinski definition) is 2. The number of phenolic OH excluding ortho intramolecular Hbond substituents is 1. The molecule has 0 radical (unpaired) electrons. The van der Waals surface area contributed by atoms with E-state index in [1.165, 1.54) is 11.1 Å². The van der Waals surface area contributed by atoms with Crippen molar-refractivity contribution >= 4 is 0 Å². The van der Waals surface area contributed by atoms with E-state index < -0.39 is 0 Å². The third kappa shape index (κ3) is 2.29. The molecule has 1 aliphatic carbocycles. The van der Waals surface area contributed by atoms with Crippen LogP contribution < -0.4 is 0 Å². The Bertz CT molecular complexity index is 705. The summed E-state index contributed by atoms with van der Waals surface area (Å²) in [6.07, 6.45) is 2.37. The summed E-state index contributed by atoms with van der Waals surface area (Å²) in [5, 5.41) is 18.7. The van der Waals surface area contributed by atoms with Gasteiger partial charge in [0.1, 0.15) is 5.75 Å². The first-order valence-corrected chi connectivity index (χ1v) is 6.83. The van der Waals surface area contributed by atoms with E-state index in [0.717, 1.165) is 29.5 Å². The van der Waals surface area contributed by atoms with Crippen molar-refractivity contribution in [2.75, 3.05) is 6.61 Å². The molecule has 2 heteroatoms. The van der Waals surface area contributed by atoms with E-state index in [4.69, 9.17) is 5.11 Å². The van der Waals surface area contributed by atoms with Gasteiger partial charge in [0, 0.05) is 17.5 Å². The standard InChI is InChI=1S/C18H16O2/c19-10-4-3-6-14-11-16(20)12-15-9-8-13-5-1-2-7-17(13)18(14)15/h1-2,5,7,11-12,19-20H,4,8-10H2. The lowest BCUT2D eigenvalue weighted by atomic mass is 9.83. The molecular formula is C18H16O2. The molecule has 2 aromatic rings. The maximum Gasteiger partial charge on any atom is 0.117 e. The zero-order valence-corrected chi connectivity index (χ0v) is 11.2. The molecule has 0 heterocycles.